The molecular weight excluding hydrogens is 332 g/mol. The fourth-order valence-electron chi connectivity index (χ4n) is 2.08. The summed E-state index contributed by atoms with van der Waals surface area (Å²) in [6, 6.07) is 5.13. The number of nitrogens with one attached hydrogen (secondary N) is 2. The van der Waals surface area contributed by atoms with Gasteiger partial charge in [0.2, 0.25) is 5.91 Å². The van der Waals surface area contributed by atoms with Gasteiger partial charge in [-0.25, -0.2) is 9.89 Å². The lowest BCUT2D eigenvalue weighted by Crippen LogP contribution is -2.18. The molecule has 0 saturated carbocycles. The number of rotatable bonds is 8. The molecular formula is C15H20N4O4S. The van der Waals surface area contributed by atoms with Crippen LogP contribution in [0, 0.1) is 0 Å². The molecule has 0 saturated heterocycles. The van der Waals surface area contributed by atoms with E-state index < -0.39 is 0 Å². The minimum Gasteiger partial charge on any atom is -0.493 e. The van der Waals surface area contributed by atoms with Crippen LogP contribution in [0.15, 0.2) is 28.2 Å². The van der Waals surface area contributed by atoms with Gasteiger partial charge in [-0.2, -0.15) is 0 Å². The lowest BCUT2D eigenvalue weighted by molar-refractivity contribution is -0.113. The first-order valence-electron chi connectivity index (χ1n) is 7.39. The maximum atomic E-state index is 12.1. The first-order valence-corrected chi connectivity index (χ1v) is 8.37. The van der Waals surface area contributed by atoms with Gasteiger partial charge in [0.15, 0.2) is 16.7 Å². The monoisotopic (exact) mass is 352 g/mol. The molecule has 0 aliphatic carbocycles. The van der Waals surface area contributed by atoms with Crippen LogP contribution in [0.25, 0.3) is 0 Å². The van der Waals surface area contributed by atoms with Crippen LogP contribution < -0.4 is 20.5 Å². The molecule has 2 aromatic rings. The number of nitrogens with zero attached hydrogens (tertiary/aromatic N) is 2. The Kier molecular flexibility index (Phi) is 6.30. The van der Waals surface area contributed by atoms with Crippen molar-refractivity contribution < 1.29 is 14.3 Å². The fraction of sp³-hybridized carbons (Fsp3) is 0.400. The molecule has 0 atom stereocenters. The van der Waals surface area contributed by atoms with Crippen LogP contribution in [0.3, 0.4) is 0 Å². The lowest BCUT2D eigenvalue weighted by Gasteiger charge is -2.10. The van der Waals surface area contributed by atoms with Crippen LogP contribution in [0.5, 0.6) is 11.5 Å². The van der Waals surface area contributed by atoms with Gasteiger partial charge >= 0.3 is 5.69 Å². The third kappa shape index (κ3) is 4.31. The van der Waals surface area contributed by atoms with Crippen LogP contribution in [0.1, 0.15) is 13.3 Å². The zero-order valence-corrected chi connectivity index (χ0v) is 14.6. The highest BCUT2D eigenvalue weighted by atomic mass is 32.2. The second-order valence-corrected chi connectivity index (χ2v) is 5.81. The second kappa shape index (κ2) is 8.44. The number of benzene rings is 1. The summed E-state index contributed by atoms with van der Waals surface area (Å²) in [5.41, 5.74) is 0.339. The maximum Gasteiger partial charge on any atom is 0.343 e. The van der Waals surface area contributed by atoms with Gasteiger partial charge < -0.3 is 14.8 Å². The normalized spacial score (nSPS) is 10.5. The van der Waals surface area contributed by atoms with E-state index in [1.807, 2.05) is 6.92 Å². The molecule has 0 bridgehead atoms. The van der Waals surface area contributed by atoms with Crippen LogP contribution >= 0.6 is 11.8 Å². The minimum absolute atomic E-state index is 0.141. The van der Waals surface area contributed by atoms with Crippen LogP contribution in [0.2, 0.25) is 0 Å². The SMILES string of the molecule is CCCn1c(SCC(=O)Nc2ccc(OC)c(OC)c2)n[nH]c1=O. The molecule has 1 heterocycles. The number of ether oxygens (including phenoxy) is 2. The molecule has 1 aromatic heterocycles. The Morgan fingerprint density at radius 1 is 1.33 bits per heavy atom. The Balaban J connectivity index is 1.98. The Bertz CT molecular complexity index is 756. The summed E-state index contributed by atoms with van der Waals surface area (Å²) in [5.74, 6) is 1.06. The summed E-state index contributed by atoms with van der Waals surface area (Å²) in [6.07, 6.45) is 0.810. The Labute approximate surface area is 143 Å². The standard InChI is InChI=1S/C15H20N4O4S/c1-4-7-19-14(21)17-18-15(19)24-9-13(20)16-10-5-6-11(22-2)12(8-10)23-3/h5-6,8H,4,7,9H2,1-3H3,(H,16,20)(H,17,21). The number of methoxy groups -OCH3 is 2. The van der Waals surface area contributed by atoms with Gasteiger partial charge in [0.05, 0.1) is 20.0 Å². The third-order valence-electron chi connectivity index (χ3n) is 3.17. The minimum atomic E-state index is -0.264. The number of carbonyl (C=O) groups excluding carboxylic acids is 1. The van der Waals surface area contributed by atoms with E-state index in [1.54, 1.807) is 25.3 Å². The summed E-state index contributed by atoms with van der Waals surface area (Å²) in [7, 11) is 3.08. The molecule has 2 N–H and O–H groups in total. The van der Waals surface area contributed by atoms with Gasteiger partial charge in [-0.1, -0.05) is 18.7 Å². The highest BCUT2D eigenvalue weighted by Gasteiger charge is 2.12. The van der Waals surface area contributed by atoms with Gasteiger partial charge in [-0.05, 0) is 18.6 Å². The zero-order chi connectivity index (χ0) is 17.5. The van der Waals surface area contributed by atoms with Crippen LogP contribution in [-0.2, 0) is 11.3 Å². The second-order valence-electron chi connectivity index (χ2n) is 4.87. The molecule has 0 unspecified atom stereocenters. The predicted octanol–water partition coefficient (Wildman–Crippen LogP) is 1.73. The van der Waals surface area contributed by atoms with Gasteiger partial charge in [0.25, 0.3) is 0 Å². The van der Waals surface area contributed by atoms with Gasteiger partial charge in [0.1, 0.15) is 0 Å². The highest BCUT2D eigenvalue weighted by molar-refractivity contribution is 7.99. The number of hydrogen-bond donors (Lipinski definition) is 2. The van der Waals surface area contributed by atoms with Crippen molar-refractivity contribution in [2.45, 2.75) is 25.0 Å². The topological polar surface area (TPSA) is 98.2 Å². The van der Waals surface area contributed by atoms with Gasteiger partial charge in [-0.15, -0.1) is 5.10 Å². The van der Waals surface area contributed by atoms with Crippen LogP contribution in [-0.4, -0.2) is 40.6 Å². The van der Waals surface area contributed by atoms with Crippen molar-refractivity contribution in [1.82, 2.24) is 14.8 Å². The third-order valence-corrected chi connectivity index (χ3v) is 4.15. The largest absolute Gasteiger partial charge is 0.493 e. The van der Waals surface area contributed by atoms with Crippen molar-refractivity contribution in [1.29, 1.82) is 0 Å². The maximum absolute atomic E-state index is 12.1. The molecule has 2 rings (SSSR count). The molecule has 9 heteroatoms. The van der Waals surface area contributed by atoms with Crippen molar-refractivity contribution >= 4 is 23.4 Å². The molecule has 24 heavy (non-hydrogen) atoms. The van der Waals surface area contributed by atoms with E-state index in [-0.39, 0.29) is 17.3 Å². The number of anilines is 1. The number of thioether (sulfide) groups is 1. The first kappa shape index (κ1) is 17.9. The lowest BCUT2D eigenvalue weighted by atomic mass is 10.2. The van der Waals surface area contributed by atoms with Gasteiger partial charge in [-0.3, -0.25) is 9.36 Å². The number of amides is 1. The summed E-state index contributed by atoms with van der Waals surface area (Å²) in [4.78, 5) is 23.7. The molecule has 1 amide bonds. The first-order chi connectivity index (χ1) is 11.6. The Morgan fingerprint density at radius 2 is 2.08 bits per heavy atom. The van der Waals surface area contributed by atoms with E-state index >= 15 is 0 Å². The average Bonchev–Trinajstić information content (AvgIpc) is 2.93. The number of hydrogen-bond acceptors (Lipinski definition) is 6. The number of carbonyl (C=O) groups is 1. The van der Waals surface area contributed by atoms with E-state index in [9.17, 15) is 9.59 Å². The highest BCUT2D eigenvalue weighted by Crippen LogP contribution is 2.29. The summed E-state index contributed by atoms with van der Waals surface area (Å²) in [5, 5.41) is 9.61. The van der Waals surface area contributed by atoms with Crippen molar-refractivity contribution in [3.63, 3.8) is 0 Å². The molecule has 0 fully saturated rings. The Hall–Kier alpha value is -2.42. The van der Waals surface area contributed by atoms with E-state index in [0.717, 1.165) is 6.42 Å². The zero-order valence-electron chi connectivity index (χ0n) is 13.8. The fourth-order valence-corrected chi connectivity index (χ4v) is 2.85. The molecule has 0 aliphatic heterocycles. The quantitative estimate of drug-likeness (QED) is 0.702. The molecule has 130 valence electrons. The molecule has 0 aliphatic rings. The number of H-pyrrole nitrogens is 1. The van der Waals surface area contributed by atoms with E-state index in [2.05, 4.69) is 15.5 Å². The number of aromatic amines is 1. The van der Waals surface area contributed by atoms with Crippen molar-refractivity contribution in [2.24, 2.45) is 0 Å². The smallest absolute Gasteiger partial charge is 0.343 e. The van der Waals surface area contributed by atoms with Gasteiger partial charge in [0, 0.05) is 18.3 Å². The van der Waals surface area contributed by atoms with Crippen molar-refractivity contribution in [3.8, 4) is 11.5 Å². The predicted molar refractivity (Wildman–Crippen MR) is 92.0 cm³/mol. The summed E-state index contributed by atoms with van der Waals surface area (Å²) >= 11 is 1.21. The molecule has 8 nitrogen and oxygen atoms in total. The summed E-state index contributed by atoms with van der Waals surface area (Å²) in [6.45, 7) is 2.53. The van der Waals surface area contributed by atoms with Crippen molar-refractivity contribution in [2.75, 3.05) is 25.3 Å². The average molecular weight is 352 g/mol. The van der Waals surface area contributed by atoms with E-state index in [4.69, 9.17) is 9.47 Å². The van der Waals surface area contributed by atoms with Crippen LogP contribution in [0.4, 0.5) is 5.69 Å². The van der Waals surface area contributed by atoms with E-state index in [1.165, 1.54) is 23.4 Å². The molecule has 0 spiro atoms. The summed E-state index contributed by atoms with van der Waals surface area (Å²) < 4.78 is 11.9. The van der Waals surface area contributed by atoms with E-state index in [0.29, 0.717) is 28.9 Å². The molecule has 0 radical (unpaired) electrons. The van der Waals surface area contributed by atoms with Crippen molar-refractivity contribution in [3.05, 3.63) is 28.7 Å². The Morgan fingerprint density at radius 3 is 2.75 bits per heavy atom. The molecule has 1 aromatic carbocycles. The number of aromatic nitrogens is 3.